The Hall–Kier alpha value is 0.177. The van der Waals surface area contributed by atoms with Gasteiger partial charge in [-0.05, 0) is 5.54 Å². The summed E-state index contributed by atoms with van der Waals surface area (Å²) in [5.41, 5.74) is 0.701. The first-order valence-corrected chi connectivity index (χ1v) is 6.40. The van der Waals surface area contributed by atoms with Crippen molar-refractivity contribution >= 4 is 8.07 Å². The molecule has 0 aliphatic rings. The summed E-state index contributed by atoms with van der Waals surface area (Å²) in [5.74, 6) is 0. The lowest BCUT2D eigenvalue weighted by Gasteiger charge is -2.23. The molecule has 50 valence electrons. The van der Waals surface area contributed by atoms with Crippen LogP contribution in [-0.2, 0) is 0 Å². The van der Waals surface area contributed by atoms with E-state index in [9.17, 15) is 0 Å². The van der Waals surface area contributed by atoms with E-state index in [1.807, 2.05) is 0 Å². The molecule has 0 fully saturated rings. The van der Waals surface area contributed by atoms with Crippen LogP contribution >= 0.6 is 0 Å². The second-order valence-corrected chi connectivity index (χ2v) is 8.75. The van der Waals surface area contributed by atoms with E-state index in [1.54, 1.807) is 0 Å². The molecule has 0 saturated heterocycles. The Labute approximate surface area is 52.7 Å². The van der Waals surface area contributed by atoms with Gasteiger partial charge in [0.25, 0.3) is 0 Å². The third kappa shape index (κ3) is 1.97. The Morgan fingerprint density at radius 1 is 1.38 bits per heavy atom. The van der Waals surface area contributed by atoms with Crippen LogP contribution in [-0.4, -0.2) is 19.4 Å². The largest absolute Gasteiger partial charge is 0.400 e. The molecule has 0 aromatic carbocycles. The number of aliphatic hydroxyl groups is 1. The molecular formula is C6H16OSi. The second-order valence-electron chi connectivity index (χ2n) is 3.30. The molecule has 0 amide bonds. The van der Waals surface area contributed by atoms with E-state index in [-0.39, 0.29) is 0 Å². The standard InChI is InChI=1S/C6H16OSi/c1-6(2)8(3,4)5-7/h6-7H,5H2,1-4H3. The van der Waals surface area contributed by atoms with Crippen LogP contribution in [0.2, 0.25) is 18.6 Å². The average molecular weight is 132 g/mol. The fourth-order valence-corrected chi connectivity index (χ4v) is 0.548. The van der Waals surface area contributed by atoms with Crippen molar-refractivity contribution < 1.29 is 5.11 Å². The lowest BCUT2D eigenvalue weighted by atomic mass is 10.6. The summed E-state index contributed by atoms with van der Waals surface area (Å²) in [6.45, 7) is 8.78. The van der Waals surface area contributed by atoms with Crippen molar-refractivity contribution in [3.8, 4) is 0 Å². The van der Waals surface area contributed by atoms with Crippen molar-refractivity contribution in [2.75, 3.05) is 6.23 Å². The van der Waals surface area contributed by atoms with E-state index < -0.39 is 8.07 Å². The van der Waals surface area contributed by atoms with Crippen LogP contribution in [0.1, 0.15) is 13.8 Å². The van der Waals surface area contributed by atoms with Gasteiger partial charge in [0.05, 0.1) is 8.07 Å². The zero-order valence-electron chi connectivity index (χ0n) is 6.23. The van der Waals surface area contributed by atoms with Crippen LogP contribution < -0.4 is 0 Å². The van der Waals surface area contributed by atoms with Gasteiger partial charge < -0.3 is 5.11 Å². The predicted molar refractivity (Wildman–Crippen MR) is 39.7 cm³/mol. The fraction of sp³-hybridized carbons (Fsp3) is 1.00. The van der Waals surface area contributed by atoms with E-state index in [4.69, 9.17) is 5.11 Å². The molecule has 0 aliphatic carbocycles. The van der Waals surface area contributed by atoms with E-state index in [1.165, 1.54) is 0 Å². The Morgan fingerprint density at radius 3 is 1.75 bits per heavy atom. The zero-order chi connectivity index (χ0) is 6.78. The van der Waals surface area contributed by atoms with E-state index >= 15 is 0 Å². The van der Waals surface area contributed by atoms with Crippen LogP contribution in [0.25, 0.3) is 0 Å². The Kier molecular flexibility index (Phi) is 2.70. The van der Waals surface area contributed by atoms with Crippen molar-refractivity contribution in [2.24, 2.45) is 0 Å². The maximum absolute atomic E-state index is 8.83. The smallest absolute Gasteiger partial charge is 0.0797 e. The first-order chi connectivity index (χ1) is 3.50. The molecule has 2 heteroatoms. The van der Waals surface area contributed by atoms with Gasteiger partial charge in [-0.1, -0.05) is 26.9 Å². The van der Waals surface area contributed by atoms with Gasteiger partial charge in [-0.2, -0.15) is 0 Å². The maximum atomic E-state index is 8.83. The highest BCUT2D eigenvalue weighted by Crippen LogP contribution is 2.18. The first kappa shape index (κ1) is 8.18. The van der Waals surface area contributed by atoms with Crippen LogP contribution in [0.3, 0.4) is 0 Å². The van der Waals surface area contributed by atoms with Crippen molar-refractivity contribution in [2.45, 2.75) is 32.5 Å². The molecule has 0 bridgehead atoms. The summed E-state index contributed by atoms with van der Waals surface area (Å²) >= 11 is 0. The summed E-state index contributed by atoms with van der Waals surface area (Å²) < 4.78 is 0. The Bertz CT molecular complexity index is 68.9. The molecule has 0 spiro atoms. The number of hydrogen-bond donors (Lipinski definition) is 1. The SMILES string of the molecule is CC(C)[Si](C)(C)CO. The maximum Gasteiger partial charge on any atom is 0.0797 e. The fourth-order valence-electron chi connectivity index (χ4n) is 0.183. The van der Waals surface area contributed by atoms with Crippen molar-refractivity contribution in [3.05, 3.63) is 0 Å². The monoisotopic (exact) mass is 132 g/mol. The predicted octanol–water partition coefficient (Wildman–Crippen LogP) is 1.64. The lowest BCUT2D eigenvalue weighted by Crippen LogP contribution is -2.34. The highest BCUT2D eigenvalue weighted by molar-refractivity contribution is 6.78. The van der Waals surface area contributed by atoms with Crippen molar-refractivity contribution in [1.82, 2.24) is 0 Å². The molecule has 0 aliphatic heterocycles. The van der Waals surface area contributed by atoms with Gasteiger partial charge in [0.1, 0.15) is 0 Å². The number of hydrogen-bond acceptors (Lipinski definition) is 1. The Balaban J connectivity index is 3.71. The first-order valence-electron chi connectivity index (χ1n) is 3.11. The molecular weight excluding hydrogens is 116 g/mol. The molecule has 0 atom stereocenters. The van der Waals surface area contributed by atoms with Gasteiger partial charge in [-0.15, -0.1) is 0 Å². The third-order valence-electron chi connectivity index (χ3n) is 1.97. The summed E-state index contributed by atoms with van der Waals surface area (Å²) in [4.78, 5) is 0. The van der Waals surface area contributed by atoms with Crippen LogP contribution in [0.15, 0.2) is 0 Å². The molecule has 0 aromatic rings. The van der Waals surface area contributed by atoms with Gasteiger partial charge in [-0.25, -0.2) is 0 Å². The summed E-state index contributed by atoms with van der Waals surface area (Å²) in [6, 6.07) is 0. The van der Waals surface area contributed by atoms with Gasteiger partial charge in [0.2, 0.25) is 0 Å². The highest BCUT2D eigenvalue weighted by atomic mass is 28.3. The second kappa shape index (κ2) is 2.64. The summed E-state index contributed by atoms with van der Waals surface area (Å²) in [5, 5.41) is 8.83. The number of rotatable bonds is 2. The van der Waals surface area contributed by atoms with Crippen molar-refractivity contribution in [1.29, 1.82) is 0 Å². The molecule has 0 radical (unpaired) electrons. The third-order valence-corrected chi connectivity index (χ3v) is 5.91. The minimum absolute atomic E-state index is 0.421. The lowest BCUT2D eigenvalue weighted by molar-refractivity contribution is 0.356. The molecule has 0 heterocycles. The highest BCUT2D eigenvalue weighted by Gasteiger charge is 2.23. The molecule has 8 heavy (non-hydrogen) atoms. The van der Waals surface area contributed by atoms with E-state index in [2.05, 4.69) is 26.9 Å². The molecule has 0 aromatic heterocycles. The molecule has 1 nitrogen and oxygen atoms in total. The molecule has 0 rings (SSSR count). The normalized spacial score (nSPS) is 12.8. The average Bonchev–Trinajstić information content (AvgIpc) is 1.67. The molecule has 0 saturated carbocycles. The van der Waals surface area contributed by atoms with Gasteiger partial charge >= 0.3 is 0 Å². The van der Waals surface area contributed by atoms with Crippen LogP contribution in [0, 0.1) is 0 Å². The van der Waals surface area contributed by atoms with E-state index in [0.29, 0.717) is 11.8 Å². The minimum atomic E-state index is -1.20. The van der Waals surface area contributed by atoms with Crippen LogP contribution in [0.5, 0.6) is 0 Å². The van der Waals surface area contributed by atoms with Crippen LogP contribution in [0.4, 0.5) is 0 Å². The molecule has 1 N–H and O–H groups in total. The van der Waals surface area contributed by atoms with Gasteiger partial charge in [-0.3, -0.25) is 0 Å². The minimum Gasteiger partial charge on any atom is -0.400 e. The molecule has 0 unspecified atom stereocenters. The van der Waals surface area contributed by atoms with Gasteiger partial charge in [0, 0.05) is 6.23 Å². The topological polar surface area (TPSA) is 20.2 Å². The summed E-state index contributed by atoms with van der Waals surface area (Å²) in [6.07, 6.45) is 0.421. The quantitative estimate of drug-likeness (QED) is 0.566. The summed E-state index contributed by atoms with van der Waals surface area (Å²) in [7, 11) is -1.20. The van der Waals surface area contributed by atoms with Crippen molar-refractivity contribution in [3.63, 3.8) is 0 Å². The van der Waals surface area contributed by atoms with E-state index in [0.717, 1.165) is 0 Å². The Morgan fingerprint density at radius 2 is 1.75 bits per heavy atom. The number of aliphatic hydroxyl groups excluding tert-OH is 1. The zero-order valence-corrected chi connectivity index (χ0v) is 7.23. The van der Waals surface area contributed by atoms with Gasteiger partial charge in [0.15, 0.2) is 0 Å².